The zero-order chi connectivity index (χ0) is 14.0. The number of aliphatic carboxylic acids is 2. The maximum atomic E-state index is 11.1. The van der Waals surface area contributed by atoms with Gasteiger partial charge in [0.1, 0.15) is 12.3 Å². The Morgan fingerprint density at radius 2 is 2.00 bits per heavy atom. The number of unbranched alkanes of at least 4 members (excludes halogenated alkanes) is 1. The van der Waals surface area contributed by atoms with E-state index >= 15 is 0 Å². The molecule has 0 aromatic rings. The largest absolute Gasteiger partial charge is 0.480 e. The van der Waals surface area contributed by atoms with Crippen molar-refractivity contribution in [1.29, 1.82) is 0 Å². The van der Waals surface area contributed by atoms with E-state index in [9.17, 15) is 14.4 Å². The van der Waals surface area contributed by atoms with Gasteiger partial charge in [0.05, 0.1) is 13.1 Å². The Morgan fingerprint density at radius 1 is 1.33 bits per heavy atom. The first-order valence-corrected chi connectivity index (χ1v) is 5.79. The number of hydrogen-bond acceptors (Lipinski definition) is 5. The minimum Gasteiger partial charge on any atom is -0.480 e. The highest BCUT2D eigenvalue weighted by atomic mass is 16.4. The van der Waals surface area contributed by atoms with Crippen LogP contribution in [-0.4, -0.2) is 66.1 Å². The van der Waals surface area contributed by atoms with E-state index in [0.29, 0.717) is 19.1 Å². The summed E-state index contributed by atoms with van der Waals surface area (Å²) in [6, 6.07) is -0.928. The molecule has 18 heavy (non-hydrogen) atoms. The Labute approximate surface area is 106 Å². The lowest BCUT2D eigenvalue weighted by Crippen LogP contribution is -2.45. The number of carbonyl (C=O) groups is 3. The third-order valence-electron chi connectivity index (χ3n) is 2.53. The van der Waals surface area contributed by atoms with Crippen LogP contribution in [0.5, 0.6) is 0 Å². The molecule has 0 aromatic heterocycles. The second-order valence-electron chi connectivity index (χ2n) is 3.94. The van der Waals surface area contributed by atoms with Crippen molar-refractivity contribution in [1.82, 2.24) is 10.2 Å². The third kappa shape index (κ3) is 6.97. The van der Waals surface area contributed by atoms with Crippen LogP contribution in [-0.2, 0) is 14.4 Å². The van der Waals surface area contributed by atoms with Crippen molar-refractivity contribution in [3.8, 4) is 0 Å². The first-order valence-electron chi connectivity index (χ1n) is 5.79. The van der Waals surface area contributed by atoms with Gasteiger partial charge in [0.2, 0.25) is 0 Å². The Morgan fingerprint density at radius 3 is 2.44 bits per heavy atom. The van der Waals surface area contributed by atoms with Crippen LogP contribution in [0.3, 0.4) is 0 Å². The Balaban J connectivity index is 4.44. The molecule has 0 saturated heterocycles. The van der Waals surface area contributed by atoms with Crippen molar-refractivity contribution >= 4 is 18.2 Å². The summed E-state index contributed by atoms with van der Waals surface area (Å²) in [5.41, 5.74) is 0. The maximum Gasteiger partial charge on any atom is 0.320 e. The lowest BCUT2D eigenvalue weighted by molar-refractivity contribution is -0.146. The van der Waals surface area contributed by atoms with Crippen LogP contribution in [0.1, 0.15) is 19.3 Å². The minimum absolute atomic E-state index is 0.185. The van der Waals surface area contributed by atoms with E-state index in [1.54, 1.807) is 7.05 Å². The molecule has 0 amide bonds. The minimum atomic E-state index is -1.14. The standard InChI is InChI=1S/C11H20N2O5/c1-12-5-3-2-4-9(11(17)18)13(6-7-14)8-10(15)16/h7,9,12H,2-6,8H2,1H3,(H,15,16)(H,17,18). The molecule has 7 nitrogen and oxygen atoms in total. The zero-order valence-electron chi connectivity index (χ0n) is 10.5. The van der Waals surface area contributed by atoms with E-state index in [1.165, 1.54) is 0 Å². The van der Waals surface area contributed by atoms with Crippen LogP contribution >= 0.6 is 0 Å². The average Bonchev–Trinajstić information content (AvgIpc) is 2.27. The Kier molecular flexibility index (Phi) is 8.77. The molecule has 104 valence electrons. The molecule has 0 saturated carbocycles. The van der Waals surface area contributed by atoms with Crippen molar-refractivity contribution in [3.05, 3.63) is 0 Å². The number of rotatable bonds is 11. The third-order valence-corrected chi connectivity index (χ3v) is 2.53. The van der Waals surface area contributed by atoms with Gasteiger partial charge in [-0.05, 0) is 26.4 Å². The molecule has 1 atom stereocenters. The van der Waals surface area contributed by atoms with E-state index in [1.807, 2.05) is 0 Å². The number of carboxylic acids is 2. The van der Waals surface area contributed by atoms with Gasteiger partial charge in [-0.3, -0.25) is 14.5 Å². The fourth-order valence-electron chi connectivity index (χ4n) is 1.67. The second-order valence-corrected chi connectivity index (χ2v) is 3.94. The molecular weight excluding hydrogens is 240 g/mol. The molecule has 0 bridgehead atoms. The predicted octanol–water partition coefficient (Wildman–Crippen LogP) is -0.585. The van der Waals surface area contributed by atoms with E-state index in [-0.39, 0.29) is 6.54 Å². The number of carbonyl (C=O) groups excluding carboxylic acids is 1. The van der Waals surface area contributed by atoms with Gasteiger partial charge in [-0.1, -0.05) is 6.42 Å². The van der Waals surface area contributed by atoms with Crippen molar-refractivity contribution in [2.45, 2.75) is 25.3 Å². The fourth-order valence-corrected chi connectivity index (χ4v) is 1.67. The molecule has 0 aliphatic rings. The first-order chi connectivity index (χ1) is 8.52. The molecule has 0 aliphatic heterocycles. The van der Waals surface area contributed by atoms with Crippen LogP contribution in [0.25, 0.3) is 0 Å². The summed E-state index contributed by atoms with van der Waals surface area (Å²) >= 11 is 0. The normalized spacial score (nSPS) is 12.3. The SMILES string of the molecule is CNCCCCC(C(=O)O)N(CC=O)CC(=O)O. The van der Waals surface area contributed by atoms with Gasteiger partial charge < -0.3 is 20.3 Å². The van der Waals surface area contributed by atoms with Crippen molar-refractivity contribution in [2.75, 3.05) is 26.7 Å². The molecule has 0 spiro atoms. The summed E-state index contributed by atoms with van der Waals surface area (Å²) in [4.78, 5) is 33.3. The fraction of sp³-hybridized carbons (Fsp3) is 0.727. The number of nitrogens with zero attached hydrogens (tertiary/aromatic N) is 1. The van der Waals surface area contributed by atoms with Gasteiger partial charge in [-0.25, -0.2) is 0 Å². The zero-order valence-corrected chi connectivity index (χ0v) is 10.5. The second kappa shape index (κ2) is 9.55. The van der Waals surface area contributed by atoms with Crippen molar-refractivity contribution in [3.63, 3.8) is 0 Å². The Hall–Kier alpha value is -1.47. The van der Waals surface area contributed by atoms with Gasteiger partial charge in [0.15, 0.2) is 0 Å². The van der Waals surface area contributed by atoms with Gasteiger partial charge in [0.25, 0.3) is 0 Å². The molecule has 0 heterocycles. The number of aldehydes is 1. The summed E-state index contributed by atoms with van der Waals surface area (Å²) in [5.74, 6) is -2.24. The molecule has 7 heteroatoms. The van der Waals surface area contributed by atoms with E-state index in [4.69, 9.17) is 10.2 Å². The van der Waals surface area contributed by atoms with Gasteiger partial charge in [-0.15, -0.1) is 0 Å². The maximum absolute atomic E-state index is 11.1. The topological polar surface area (TPSA) is 107 Å². The molecule has 0 aliphatic carbocycles. The van der Waals surface area contributed by atoms with Crippen LogP contribution in [0.4, 0.5) is 0 Å². The monoisotopic (exact) mass is 260 g/mol. The highest BCUT2D eigenvalue weighted by molar-refractivity contribution is 5.76. The predicted molar refractivity (Wildman–Crippen MR) is 64.5 cm³/mol. The Bertz CT molecular complexity index is 283. The number of hydrogen-bond donors (Lipinski definition) is 3. The molecule has 3 N–H and O–H groups in total. The van der Waals surface area contributed by atoms with Gasteiger partial charge >= 0.3 is 11.9 Å². The molecular formula is C11H20N2O5. The quantitative estimate of drug-likeness (QED) is 0.337. The molecule has 0 aromatic carbocycles. The molecule has 1 unspecified atom stereocenters. The first kappa shape index (κ1) is 16.5. The summed E-state index contributed by atoms with van der Waals surface area (Å²) in [6.07, 6.45) is 2.32. The van der Waals surface area contributed by atoms with Crippen LogP contribution in [0.15, 0.2) is 0 Å². The number of carboxylic acid groups (broad SMARTS) is 2. The average molecular weight is 260 g/mol. The van der Waals surface area contributed by atoms with E-state index in [2.05, 4.69) is 5.32 Å². The summed E-state index contributed by atoms with van der Waals surface area (Å²) in [7, 11) is 1.80. The van der Waals surface area contributed by atoms with Crippen LogP contribution < -0.4 is 5.32 Å². The smallest absolute Gasteiger partial charge is 0.320 e. The summed E-state index contributed by atoms with van der Waals surface area (Å²) in [5, 5.41) is 20.7. The van der Waals surface area contributed by atoms with Crippen LogP contribution in [0.2, 0.25) is 0 Å². The van der Waals surface area contributed by atoms with Crippen molar-refractivity contribution < 1.29 is 24.6 Å². The van der Waals surface area contributed by atoms with Crippen LogP contribution in [0, 0.1) is 0 Å². The van der Waals surface area contributed by atoms with Gasteiger partial charge in [-0.2, -0.15) is 0 Å². The highest BCUT2D eigenvalue weighted by Crippen LogP contribution is 2.09. The molecule has 0 fully saturated rings. The molecule has 0 rings (SSSR count). The van der Waals surface area contributed by atoms with Gasteiger partial charge in [0, 0.05) is 0 Å². The number of nitrogens with one attached hydrogen (secondary N) is 1. The van der Waals surface area contributed by atoms with E-state index < -0.39 is 24.5 Å². The highest BCUT2D eigenvalue weighted by Gasteiger charge is 2.26. The summed E-state index contributed by atoms with van der Waals surface area (Å²) in [6.45, 7) is 0.149. The lowest BCUT2D eigenvalue weighted by atomic mass is 10.1. The molecule has 0 radical (unpaired) electrons. The summed E-state index contributed by atoms with van der Waals surface area (Å²) < 4.78 is 0. The van der Waals surface area contributed by atoms with Crippen molar-refractivity contribution in [2.24, 2.45) is 0 Å². The van der Waals surface area contributed by atoms with E-state index in [0.717, 1.165) is 17.9 Å². The lowest BCUT2D eigenvalue weighted by Gasteiger charge is -2.25.